The van der Waals surface area contributed by atoms with Crippen molar-refractivity contribution in [1.29, 1.82) is 0 Å². The van der Waals surface area contributed by atoms with Gasteiger partial charge >= 0.3 is 7.60 Å². The van der Waals surface area contributed by atoms with Crippen LogP contribution in [0.5, 0.6) is 5.75 Å². The van der Waals surface area contributed by atoms with Crippen LogP contribution in [0, 0.1) is 13.8 Å². The van der Waals surface area contributed by atoms with Crippen LogP contribution in [0.4, 0.5) is 0 Å². The molecule has 6 nitrogen and oxygen atoms in total. The second-order valence-corrected chi connectivity index (χ2v) is 7.98. The highest BCUT2D eigenvalue weighted by molar-refractivity contribution is 8.04. The number of aromatic hydroxyl groups is 1. The number of carbonyl (C=O) groups is 1. The predicted molar refractivity (Wildman–Crippen MR) is 86.6 cm³/mol. The average molecular weight is 343 g/mol. The van der Waals surface area contributed by atoms with E-state index in [0.717, 1.165) is 5.56 Å². The summed E-state index contributed by atoms with van der Waals surface area (Å²) in [7, 11) is -4.27. The van der Waals surface area contributed by atoms with Crippen molar-refractivity contribution in [3.05, 3.63) is 33.7 Å². The Bertz CT molecular complexity index is 659. The van der Waals surface area contributed by atoms with Crippen molar-refractivity contribution in [3.8, 4) is 5.75 Å². The van der Waals surface area contributed by atoms with Gasteiger partial charge in [0, 0.05) is 12.3 Å². The molecule has 1 aliphatic rings. The third kappa shape index (κ3) is 4.14. The molecule has 1 fully saturated rings. The molecule has 1 amide bonds. The number of nitrogens with zero attached hydrogens (tertiary/aromatic N) is 1. The topological polar surface area (TPSA) is 98.1 Å². The van der Waals surface area contributed by atoms with Gasteiger partial charge in [-0.2, -0.15) is 0 Å². The SMILES string of the molecule is Cc1cc(C=C2SCCN(CP(=O)(O)O)C2=O)cc(C)c1O. The molecule has 0 spiro atoms. The number of phenolic OH excluding ortho intramolecular Hbond substituents is 1. The number of thioether (sulfide) groups is 1. The minimum absolute atomic E-state index is 0.230. The Hall–Kier alpha value is -1.27. The Kier molecular flexibility index (Phi) is 5.02. The van der Waals surface area contributed by atoms with Gasteiger partial charge in [0.05, 0.1) is 4.91 Å². The van der Waals surface area contributed by atoms with E-state index in [-0.39, 0.29) is 11.7 Å². The molecule has 120 valence electrons. The van der Waals surface area contributed by atoms with Crippen molar-refractivity contribution in [2.75, 3.05) is 18.6 Å². The van der Waals surface area contributed by atoms with Crippen LogP contribution in [0.1, 0.15) is 16.7 Å². The number of rotatable bonds is 3. The molecule has 2 rings (SSSR count). The Labute approximate surface area is 133 Å². The van der Waals surface area contributed by atoms with Gasteiger partial charge in [0.15, 0.2) is 0 Å². The van der Waals surface area contributed by atoms with E-state index in [0.29, 0.717) is 28.3 Å². The van der Waals surface area contributed by atoms with E-state index in [2.05, 4.69) is 0 Å². The van der Waals surface area contributed by atoms with Gasteiger partial charge in [-0.05, 0) is 48.7 Å². The maximum atomic E-state index is 12.3. The molecule has 0 aliphatic carbocycles. The Balaban J connectivity index is 2.28. The maximum absolute atomic E-state index is 12.3. The molecule has 0 radical (unpaired) electrons. The van der Waals surface area contributed by atoms with E-state index in [4.69, 9.17) is 9.79 Å². The molecule has 22 heavy (non-hydrogen) atoms. The van der Waals surface area contributed by atoms with Gasteiger partial charge in [0.25, 0.3) is 5.91 Å². The third-order valence-electron chi connectivity index (χ3n) is 3.28. The molecule has 1 aliphatic heterocycles. The average Bonchev–Trinajstić information content (AvgIpc) is 2.39. The van der Waals surface area contributed by atoms with Crippen LogP contribution in [-0.2, 0) is 9.36 Å². The molecule has 1 aromatic rings. The summed E-state index contributed by atoms with van der Waals surface area (Å²) in [4.78, 5) is 32.0. The van der Waals surface area contributed by atoms with Gasteiger partial charge < -0.3 is 19.8 Å². The number of hydrogen-bond donors (Lipinski definition) is 3. The predicted octanol–water partition coefficient (Wildman–Crippen LogP) is 2.06. The van der Waals surface area contributed by atoms with Crippen LogP contribution >= 0.6 is 19.4 Å². The number of phenols is 1. The van der Waals surface area contributed by atoms with Crippen molar-refractivity contribution in [3.63, 3.8) is 0 Å². The molecule has 0 unspecified atom stereocenters. The quantitative estimate of drug-likeness (QED) is 0.574. The van der Waals surface area contributed by atoms with Gasteiger partial charge in [-0.15, -0.1) is 11.8 Å². The second kappa shape index (κ2) is 6.46. The van der Waals surface area contributed by atoms with E-state index in [1.165, 1.54) is 16.7 Å². The Morgan fingerprint density at radius 3 is 2.45 bits per heavy atom. The molecule has 0 saturated carbocycles. The zero-order valence-corrected chi connectivity index (χ0v) is 14.0. The molecule has 0 bridgehead atoms. The summed E-state index contributed by atoms with van der Waals surface area (Å²) >= 11 is 1.37. The molecule has 1 saturated heterocycles. The number of aryl methyl sites for hydroxylation is 2. The summed E-state index contributed by atoms with van der Waals surface area (Å²) in [6.07, 6.45) is 1.13. The largest absolute Gasteiger partial charge is 0.507 e. The summed E-state index contributed by atoms with van der Waals surface area (Å²) in [6.45, 7) is 3.88. The first-order valence-electron chi connectivity index (χ1n) is 6.66. The van der Waals surface area contributed by atoms with Gasteiger partial charge in [0.1, 0.15) is 12.0 Å². The monoisotopic (exact) mass is 343 g/mol. The minimum Gasteiger partial charge on any atom is -0.507 e. The lowest BCUT2D eigenvalue weighted by Crippen LogP contribution is -2.37. The zero-order chi connectivity index (χ0) is 16.5. The fourth-order valence-electron chi connectivity index (χ4n) is 2.27. The van der Waals surface area contributed by atoms with Gasteiger partial charge in [0.2, 0.25) is 0 Å². The zero-order valence-electron chi connectivity index (χ0n) is 12.3. The van der Waals surface area contributed by atoms with Crippen LogP contribution in [-0.4, -0.2) is 44.3 Å². The maximum Gasteiger partial charge on any atom is 0.344 e. The highest BCUT2D eigenvalue weighted by atomic mass is 32.2. The smallest absolute Gasteiger partial charge is 0.344 e. The third-order valence-corrected chi connectivity index (χ3v) is 4.98. The molecule has 1 aromatic carbocycles. The molecule has 8 heteroatoms. The van der Waals surface area contributed by atoms with Gasteiger partial charge in [-0.1, -0.05) is 0 Å². The molecular formula is C14H18NO5PS. The highest BCUT2D eigenvalue weighted by Gasteiger charge is 2.29. The summed E-state index contributed by atoms with van der Waals surface area (Å²) in [5, 5.41) is 9.77. The van der Waals surface area contributed by atoms with Gasteiger partial charge in [-0.25, -0.2) is 0 Å². The lowest BCUT2D eigenvalue weighted by molar-refractivity contribution is -0.125. The first-order valence-corrected chi connectivity index (χ1v) is 9.44. The summed E-state index contributed by atoms with van der Waals surface area (Å²) in [5.41, 5.74) is 2.21. The number of carbonyl (C=O) groups excluding carboxylic acids is 1. The minimum atomic E-state index is -4.27. The number of hydrogen-bond acceptors (Lipinski definition) is 4. The first kappa shape index (κ1) is 17.1. The van der Waals surface area contributed by atoms with Crippen molar-refractivity contribution in [2.45, 2.75) is 13.8 Å². The van der Waals surface area contributed by atoms with E-state index < -0.39 is 13.9 Å². The first-order chi connectivity index (χ1) is 10.2. The lowest BCUT2D eigenvalue weighted by atomic mass is 10.1. The second-order valence-electron chi connectivity index (χ2n) is 5.24. The van der Waals surface area contributed by atoms with E-state index in [1.54, 1.807) is 32.1 Å². The van der Waals surface area contributed by atoms with E-state index >= 15 is 0 Å². The Morgan fingerprint density at radius 1 is 1.32 bits per heavy atom. The fourth-order valence-corrected chi connectivity index (χ4v) is 3.99. The molecule has 0 atom stereocenters. The van der Waals surface area contributed by atoms with E-state index in [9.17, 15) is 14.5 Å². The van der Waals surface area contributed by atoms with Crippen LogP contribution in [0.3, 0.4) is 0 Å². The van der Waals surface area contributed by atoms with Crippen LogP contribution in [0.25, 0.3) is 6.08 Å². The number of benzene rings is 1. The molecule has 3 N–H and O–H groups in total. The van der Waals surface area contributed by atoms with E-state index in [1.807, 2.05) is 0 Å². The van der Waals surface area contributed by atoms with Crippen LogP contribution < -0.4 is 0 Å². The molecular weight excluding hydrogens is 325 g/mol. The number of amides is 1. The van der Waals surface area contributed by atoms with Crippen molar-refractivity contribution in [1.82, 2.24) is 4.90 Å². The summed E-state index contributed by atoms with van der Waals surface area (Å²) in [6, 6.07) is 3.54. The standard InChI is InChI=1S/C14H18NO5PS/c1-9-5-11(6-10(2)13(9)16)7-12-14(17)15(3-4-22-12)8-21(18,19)20/h5-7,16H,3-4,8H2,1-2H3,(H2,18,19,20). The summed E-state index contributed by atoms with van der Waals surface area (Å²) < 4.78 is 11.1. The lowest BCUT2D eigenvalue weighted by Gasteiger charge is -2.28. The fraction of sp³-hybridized carbons (Fsp3) is 0.357. The van der Waals surface area contributed by atoms with Crippen molar-refractivity contribution in [2.24, 2.45) is 0 Å². The Morgan fingerprint density at radius 2 is 1.91 bits per heavy atom. The summed E-state index contributed by atoms with van der Waals surface area (Å²) in [5.74, 6) is 0.448. The molecule has 1 heterocycles. The van der Waals surface area contributed by atoms with Gasteiger partial charge in [-0.3, -0.25) is 9.36 Å². The highest BCUT2D eigenvalue weighted by Crippen LogP contribution is 2.38. The normalized spacial score (nSPS) is 18.1. The molecule has 0 aromatic heterocycles. The van der Waals surface area contributed by atoms with Crippen LogP contribution in [0.15, 0.2) is 17.0 Å². The van der Waals surface area contributed by atoms with Crippen molar-refractivity contribution >= 4 is 31.3 Å². The van der Waals surface area contributed by atoms with Crippen molar-refractivity contribution < 1.29 is 24.3 Å². The van der Waals surface area contributed by atoms with Crippen LogP contribution in [0.2, 0.25) is 0 Å².